The molecule has 0 bridgehead atoms. The molecule has 3 heterocycles. The number of benzene rings is 1. The Bertz CT molecular complexity index is 971. The van der Waals surface area contributed by atoms with Crippen LogP contribution in [-0.4, -0.2) is 40.3 Å². The molecule has 2 N–H and O–H groups in total. The largest absolute Gasteiger partial charge is 0.497 e. The quantitative estimate of drug-likeness (QED) is 0.788. The zero-order valence-corrected chi connectivity index (χ0v) is 14.4. The van der Waals surface area contributed by atoms with Gasteiger partial charge in [-0.3, -0.25) is 14.8 Å². The molecule has 2 aliphatic heterocycles. The van der Waals surface area contributed by atoms with Crippen LogP contribution < -0.4 is 15.4 Å². The molecule has 3 amide bonds. The lowest BCUT2D eigenvalue weighted by Gasteiger charge is -2.34. The zero-order chi connectivity index (χ0) is 18.3. The molecular formula is C18H17N5O3. The number of hydrogen-bond donors (Lipinski definition) is 2. The number of nitrogens with zero attached hydrogens (tertiary/aromatic N) is 3. The van der Waals surface area contributed by atoms with Crippen LogP contribution >= 0.6 is 0 Å². The van der Waals surface area contributed by atoms with E-state index >= 15 is 0 Å². The maximum Gasteiger partial charge on any atom is 0.327 e. The summed E-state index contributed by atoms with van der Waals surface area (Å²) in [5.74, 6) is 3.55. The Balaban J connectivity index is 1.68. The van der Waals surface area contributed by atoms with E-state index in [0.717, 1.165) is 11.1 Å². The maximum atomic E-state index is 12.9. The van der Waals surface area contributed by atoms with Crippen molar-refractivity contribution in [3.8, 4) is 17.7 Å². The molecule has 2 aromatic rings. The van der Waals surface area contributed by atoms with Crippen molar-refractivity contribution in [2.75, 3.05) is 13.7 Å². The van der Waals surface area contributed by atoms with Crippen molar-refractivity contribution < 1.29 is 14.3 Å². The van der Waals surface area contributed by atoms with Crippen molar-refractivity contribution >= 4 is 11.9 Å². The van der Waals surface area contributed by atoms with Gasteiger partial charge >= 0.3 is 6.03 Å². The first-order chi connectivity index (χ1) is 12.5. The first-order valence-electron chi connectivity index (χ1n) is 8.06. The van der Waals surface area contributed by atoms with Crippen LogP contribution in [0.3, 0.4) is 0 Å². The molecule has 0 spiro atoms. The average Bonchev–Trinajstić information content (AvgIpc) is 3.19. The first-order valence-corrected chi connectivity index (χ1v) is 8.06. The molecule has 1 aromatic heterocycles. The second kappa shape index (κ2) is 5.81. The third-order valence-electron chi connectivity index (χ3n) is 4.60. The van der Waals surface area contributed by atoms with Crippen LogP contribution in [0.25, 0.3) is 0 Å². The lowest BCUT2D eigenvalue weighted by atomic mass is 9.91. The molecule has 0 fully saturated rings. The molecule has 1 aromatic carbocycles. The summed E-state index contributed by atoms with van der Waals surface area (Å²) < 4.78 is 6.85. The van der Waals surface area contributed by atoms with E-state index < -0.39 is 11.6 Å². The minimum absolute atomic E-state index is 0.114. The predicted molar refractivity (Wildman–Crippen MR) is 92.1 cm³/mol. The SMILES string of the molecule is COc1ccc2c(c1)C(=O)N(C[C@]1(c3cnn(C)c3)C#CNC(=O)N1)C2. The second-order valence-electron chi connectivity index (χ2n) is 6.32. The van der Waals surface area contributed by atoms with Gasteiger partial charge in [0.25, 0.3) is 5.91 Å². The van der Waals surface area contributed by atoms with Crippen LogP contribution in [-0.2, 0) is 19.1 Å². The number of carbonyl (C=O) groups is 2. The van der Waals surface area contributed by atoms with Crippen LogP contribution in [0.15, 0.2) is 30.6 Å². The van der Waals surface area contributed by atoms with E-state index in [-0.39, 0.29) is 12.5 Å². The molecule has 26 heavy (non-hydrogen) atoms. The highest BCUT2D eigenvalue weighted by molar-refractivity contribution is 5.99. The minimum atomic E-state index is -1.02. The van der Waals surface area contributed by atoms with Crippen LogP contribution in [0.5, 0.6) is 5.75 Å². The number of amides is 3. The predicted octanol–water partition coefficient (Wildman–Crippen LogP) is 0.554. The monoisotopic (exact) mass is 351 g/mol. The normalized spacial score (nSPS) is 20.8. The van der Waals surface area contributed by atoms with Gasteiger partial charge in [-0.25, -0.2) is 4.79 Å². The van der Waals surface area contributed by atoms with Gasteiger partial charge in [0.2, 0.25) is 0 Å². The van der Waals surface area contributed by atoms with E-state index in [1.54, 1.807) is 42.2 Å². The van der Waals surface area contributed by atoms with Crippen molar-refractivity contribution in [2.24, 2.45) is 7.05 Å². The number of carbonyl (C=O) groups excluding carboxylic acids is 2. The molecule has 2 aliphatic rings. The fourth-order valence-electron chi connectivity index (χ4n) is 3.29. The van der Waals surface area contributed by atoms with E-state index in [2.05, 4.69) is 27.7 Å². The van der Waals surface area contributed by atoms with Gasteiger partial charge in [0, 0.05) is 37.0 Å². The third kappa shape index (κ3) is 2.54. The molecule has 0 saturated heterocycles. The van der Waals surface area contributed by atoms with Crippen molar-refractivity contribution in [1.29, 1.82) is 0 Å². The van der Waals surface area contributed by atoms with Crippen LogP contribution in [0.1, 0.15) is 21.5 Å². The molecule has 0 saturated carbocycles. The van der Waals surface area contributed by atoms with E-state index in [4.69, 9.17) is 4.74 Å². The summed E-state index contributed by atoms with van der Waals surface area (Å²) in [5, 5.41) is 9.46. The summed E-state index contributed by atoms with van der Waals surface area (Å²) in [4.78, 5) is 26.5. The lowest BCUT2D eigenvalue weighted by molar-refractivity contribution is 0.0743. The van der Waals surface area contributed by atoms with E-state index in [0.29, 0.717) is 17.9 Å². The Morgan fingerprint density at radius 2 is 2.23 bits per heavy atom. The van der Waals surface area contributed by atoms with Crippen molar-refractivity contribution in [1.82, 2.24) is 25.3 Å². The molecule has 8 heteroatoms. The Labute approximate surface area is 150 Å². The van der Waals surface area contributed by atoms with E-state index in [1.807, 2.05) is 12.1 Å². The molecule has 0 radical (unpaired) electrons. The number of rotatable bonds is 4. The smallest absolute Gasteiger partial charge is 0.327 e. The van der Waals surface area contributed by atoms with Gasteiger partial charge in [0.1, 0.15) is 5.75 Å². The number of urea groups is 1. The average molecular weight is 351 g/mol. The van der Waals surface area contributed by atoms with Crippen LogP contribution in [0.4, 0.5) is 4.79 Å². The van der Waals surface area contributed by atoms with Gasteiger partial charge in [-0.2, -0.15) is 5.10 Å². The number of hydrogen-bond acceptors (Lipinski definition) is 4. The summed E-state index contributed by atoms with van der Waals surface area (Å²) in [6.45, 7) is 0.667. The molecule has 1 atom stereocenters. The van der Waals surface area contributed by atoms with Gasteiger partial charge in [-0.05, 0) is 23.6 Å². The summed E-state index contributed by atoms with van der Waals surface area (Å²) in [5.41, 5.74) is 1.24. The van der Waals surface area contributed by atoms with Gasteiger partial charge < -0.3 is 15.0 Å². The molecule has 132 valence electrons. The number of aromatic nitrogens is 2. The topological polar surface area (TPSA) is 88.5 Å². The number of fused-ring (bicyclic) bond motifs is 1. The highest BCUT2D eigenvalue weighted by atomic mass is 16.5. The Hall–Kier alpha value is -3.47. The van der Waals surface area contributed by atoms with Crippen molar-refractivity contribution in [2.45, 2.75) is 12.1 Å². The Morgan fingerprint density at radius 3 is 2.92 bits per heavy atom. The zero-order valence-electron chi connectivity index (χ0n) is 14.4. The number of ether oxygens (including phenoxy) is 1. The number of nitrogens with one attached hydrogen (secondary N) is 2. The minimum Gasteiger partial charge on any atom is -0.497 e. The van der Waals surface area contributed by atoms with Crippen molar-refractivity contribution in [3.63, 3.8) is 0 Å². The molecule has 8 nitrogen and oxygen atoms in total. The summed E-state index contributed by atoms with van der Waals surface area (Å²) in [7, 11) is 3.35. The molecular weight excluding hydrogens is 334 g/mol. The lowest BCUT2D eigenvalue weighted by Crippen LogP contribution is -2.56. The summed E-state index contributed by atoms with van der Waals surface area (Å²) in [6.07, 6.45) is 3.44. The van der Waals surface area contributed by atoms with Gasteiger partial charge in [0.05, 0.1) is 19.9 Å². The standard InChI is InChI=1S/C18H17N5O3/c1-22-10-13(8-20-22)18(5-6-19-17(25)21-18)11-23-9-12-3-4-14(26-2)7-15(12)16(23)24/h3-4,7-8,10H,9,11H2,1-2H3,(H2,19,21,25)/t18-/m0/s1. The fraction of sp³-hybridized carbons (Fsp3) is 0.278. The Kier molecular flexibility index (Phi) is 3.58. The summed E-state index contributed by atoms with van der Waals surface area (Å²) in [6, 6.07) is 7.70. The number of aryl methyl sites for hydroxylation is 1. The van der Waals surface area contributed by atoms with Gasteiger partial charge in [-0.1, -0.05) is 6.07 Å². The summed E-state index contributed by atoms with van der Waals surface area (Å²) >= 11 is 0. The fourth-order valence-corrected chi connectivity index (χ4v) is 3.29. The molecule has 0 aliphatic carbocycles. The van der Waals surface area contributed by atoms with E-state index in [1.165, 1.54) is 0 Å². The molecule has 4 rings (SSSR count). The second-order valence-corrected chi connectivity index (χ2v) is 6.32. The first kappa shape index (κ1) is 16.0. The van der Waals surface area contributed by atoms with E-state index in [9.17, 15) is 9.59 Å². The van der Waals surface area contributed by atoms with Crippen molar-refractivity contribution in [3.05, 3.63) is 47.3 Å². The molecule has 0 unspecified atom stereocenters. The van der Waals surface area contributed by atoms with Crippen LogP contribution in [0.2, 0.25) is 0 Å². The number of methoxy groups -OCH3 is 1. The van der Waals surface area contributed by atoms with Gasteiger partial charge in [-0.15, -0.1) is 0 Å². The Morgan fingerprint density at radius 1 is 1.38 bits per heavy atom. The van der Waals surface area contributed by atoms with Gasteiger partial charge in [0.15, 0.2) is 5.54 Å². The maximum absolute atomic E-state index is 12.9. The highest BCUT2D eigenvalue weighted by Crippen LogP contribution is 2.30. The third-order valence-corrected chi connectivity index (χ3v) is 4.60. The van der Waals surface area contributed by atoms with Crippen LogP contribution in [0, 0.1) is 12.0 Å². The highest BCUT2D eigenvalue weighted by Gasteiger charge is 2.41.